The lowest BCUT2D eigenvalue weighted by molar-refractivity contribution is -0.274. The van der Waals surface area contributed by atoms with Crippen molar-refractivity contribution < 1.29 is 17.9 Å². The maximum Gasteiger partial charge on any atom is 0.573 e. The summed E-state index contributed by atoms with van der Waals surface area (Å²) in [6.07, 6.45) is -3.64. The number of anilines is 2. The first-order valence-electron chi connectivity index (χ1n) is 11.7. The van der Waals surface area contributed by atoms with Crippen LogP contribution in [0, 0.1) is 0 Å². The van der Waals surface area contributed by atoms with Gasteiger partial charge in [0.05, 0.1) is 22.9 Å². The van der Waals surface area contributed by atoms with Crippen molar-refractivity contribution in [2.24, 2.45) is 9.98 Å². The smallest absolute Gasteiger partial charge is 0.406 e. The molecule has 2 heterocycles. The highest BCUT2D eigenvalue weighted by Crippen LogP contribution is 2.36. The van der Waals surface area contributed by atoms with Crippen molar-refractivity contribution in [3.05, 3.63) is 42.5 Å². The summed E-state index contributed by atoms with van der Waals surface area (Å²) in [6.45, 7) is 5.57. The summed E-state index contributed by atoms with van der Waals surface area (Å²) in [4.78, 5) is 10.5. The zero-order valence-corrected chi connectivity index (χ0v) is 23.9. The normalized spacial score (nSPS) is 16.1. The number of aliphatic imine (C=N–C) groups is 2. The van der Waals surface area contributed by atoms with Gasteiger partial charge in [0, 0.05) is 22.9 Å². The Balaban J connectivity index is 0.000000215. The van der Waals surface area contributed by atoms with E-state index in [1.54, 1.807) is 11.8 Å². The number of rotatable bonds is 4. The summed E-state index contributed by atoms with van der Waals surface area (Å²) in [7, 11) is 0. The third-order valence-corrected chi connectivity index (χ3v) is 7.31. The van der Waals surface area contributed by atoms with E-state index in [0.717, 1.165) is 30.2 Å². The molecule has 2 aromatic rings. The second kappa shape index (κ2) is 14.6. The van der Waals surface area contributed by atoms with Gasteiger partial charge in [-0.25, -0.2) is 9.98 Å². The molecule has 4 N–H and O–H groups in total. The first-order valence-corrected chi connectivity index (χ1v) is 14.4. The van der Waals surface area contributed by atoms with Gasteiger partial charge in [0.15, 0.2) is 10.2 Å². The minimum absolute atomic E-state index is 0.237. The maximum absolute atomic E-state index is 12.2. The molecular weight excluding hydrogens is 574 g/mol. The number of thioether (sulfide) groups is 2. The Morgan fingerprint density at radius 2 is 1.53 bits per heavy atom. The predicted molar refractivity (Wildman–Crippen MR) is 160 cm³/mol. The molecule has 0 saturated carbocycles. The quantitative estimate of drug-likeness (QED) is 0.303. The van der Waals surface area contributed by atoms with Crippen LogP contribution in [0.5, 0.6) is 5.75 Å². The molecule has 0 fully saturated rings. The van der Waals surface area contributed by atoms with Crippen molar-refractivity contribution in [2.75, 3.05) is 35.2 Å². The molecule has 0 amide bonds. The molecular formula is C24H27F3N6OS4. The fraction of sp³-hybridized carbons (Fsp3) is 0.333. The fourth-order valence-electron chi connectivity index (χ4n) is 3.12. The number of ether oxygens (including phenoxy) is 1. The van der Waals surface area contributed by atoms with Gasteiger partial charge in [0.1, 0.15) is 17.4 Å². The van der Waals surface area contributed by atoms with Gasteiger partial charge in [0.2, 0.25) is 0 Å². The lowest BCUT2D eigenvalue weighted by atomic mass is 10.3. The van der Waals surface area contributed by atoms with E-state index < -0.39 is 6.36 Å². The SMILES string of the molecule is CCCNC(=S)N=C1CSc2ccccc2N1.CCNC(=S)N=C1CSc2cc(OC(F)(F)F)ccc2N1. The van der Waals surface area contributed by atoms with Crippen LogP contribution in [-0.4, -0.2) is 52.9 Å². The lowest BCUT2D eigenvalue weighted by Crippen LogP contribution is -2.26. The van der Waals surface area contributed by atoms with E-state index in [2.05, 4.69) is 55.0 Å². The van der Waals surface area contributed by atoms with Gasteiger partial charge >= 0.3 is 6.36 Å². The van der Waals surface area contributed by atoms with Crippen molar-refractivity contribution in [2.45, 2.75) is 36.4 Å². The largest absolute Gasteiger partial charge is 0.573 e. The van der Waals surface area contributed by atoms with Gasteiger partial charge in [-0.2, -0.15) is 0 Å². The number of nitrogens with zero attached hydrogens (tertiary/aromatic N) is 2. The number of alkyl halides is 3. The van der Waals surface area contributed by atoms with Crippen molar-refractivity contribution in [1.82, 2.24) is 10.6 Å². The molecule has 2 aliphatic rings. The fourth-order valence-corrected chi connectivity index (χ4v) is 5.37. The summed E-state index contributed by atoms with van der Waals surface area (Å²) >= 11 is 13.3. The molecule has 0 atom stereocenters. The highest BCUT2D eigenvalue weighted by Gasteiger charge is 2.31. The minimum atomic E-state index is -4.69. The van der Waals surface area contributed by atoms with Gasteiger partial charge < -0.3 is 26.0 Å². The molecule has 7 nitrogen and oxygen atoms in total. The minimum Gasteiger partial charge on any atom is -0.406 e. The first kappa shape index (κ1) is 30.0. The van der Waals surface area contributed by atoms with E-state index in [9.17, 15) is 13.2 Å². The van der Waals surface area contributed by atoms with E-state index >= 15 is 0 Å². The number of hydrogen-bond donors (Lipinski definition) is 4. The molecule has 0 radical (unpaired) electrons. The monoisotopic (exact) mass is 600 g/mol. The maximum atomic E-state index is 12.2. The van der Waals surface area contributed by atoms with E-state index in [1.807, 2.05) is 19.1 Å². The van der Waals surface area contributed by atoms with Gasteiger partial charge in [-0.3, -0.25) is 0 Å². The summed E-state index contributed by atoms with van der Waals surface area (Å²) in [5, 5.41) is 13.3. The van der Waals surface area contributed by atoms with Crippen LogP contribution in [0.25, 0.3) is 0 Å². The summed E-state index contributed by atoms with van der Waals surface area (Å²) in [6, 6.07) is 12.3. The number of thiocarbonyl (C=S) groups is 2. The van der Waals surface area contributed by atoms with Crippen molar-refractivity contribution in [3.8, 4) is 5.75 Å². The van der Waals surface area contributed by atoms with Gasteiger partial charge in [-0.15, -0.1) is 36.7 Å². The third kappa shape index (κ3) is 9.97. The highest BCUT2D eigenvalue weighted by molar-refractivity contribution is 8.00. The van der Waals surface area contributed by atoms with Crippen LogP contribution in [0.15, 0.2) is 62.2 Å². The zero-order valence-electron chi connectivity index (χ0n) is 20.6. The van der Waals surface area contributed by atoms with Gasteiger partial charge in [-0.05, 0) is 68.1 Å². The molecule has 0 aliphatic carbocycles. The number of halogens is 3. The number of fused-ring (bicyclic) bond motifs is 2. The van der Waals surface area contributed by atoms with Crippen molar-refractivity contribution in [1.29, 1.82) is 0 Å². The summed E-state index contributed by atoms with van der Waals surface area (Å²) in [5.74, 6) is 2.67. The average molecular weight is 601 g/mol. The topological polar surface area (TPSA) is 82.1 Å². The molecule has 0 unspecified atom stereocenters. The molecule has 0 saturated heterocycles. The van der Waals surface area contributed by atoms with Crippen LogP contribution < -0.4 is 26.0 Å². The van der Waals surface area contributed by atoms with E-state index in [1.165, 1.54) is 34.9 Å². The Morgan fingerprint density at radius 3 is 2.16 bits per heavy atom. The lowest BCUT2D eigenvalue weighted by Gasteiger charge is -2.20. The number of amidine groups is 2. The van der Waals surface area contributed by atoms with Crippen molar-refractivity contribution in [3.63, 3.8) is 0 Å². The molecule has 4 rings (SSSR count). The molecule has 14 heteroatoms. The van der Waals surface area contributed by atoms with Crippen LogP contribution >= 0.6 is 48.0 Å². The van der Waals surface area contributed by atoms with E-state index in [0.29, 0.717) is 38.9 Å². The predicted octanol–water partition coefficient (Wildman–Crippen LogP) is 6.28. The highest BCUT2D eigenvalue weighted by atomic mass is 32.2. The Morgan fingerprint density at radius 1 is 0.921 bits per heavy atom. The molecule has 2 aliphatic heterocycles. The molecule has 0 aromatic heterocycles. The zero-order chi connectivity index (χ0) is 27.5. The number of para-hydroxylation sites is 1. The van der Waals surface area contributed by atoms with Crippen molar-refractivity contribution >= 4 is 81.2 Å². The molecule has 38 heavy (non-hydrogen) atoms. The third-order valence-electron chi connectivity index (χ3n) is 4.69. The Labute approximate surface area is 238 Å². The first-order chi connectivity index (χ1) is 18.2. The summed E-state index contributed by atoms with van der Waals surface area (Å²) < 4.78 is 40.4. The molecule has 0 bridgehead atoms. The summed E-state index contributed by atoms with van der Waals surface area (Å²) in [5.41, 5.74) is 1.79. The number of benzene rings is 2. The molecule has 204 valence electrons. The van der Waals surface area contributed by atoms with E-state index in [-0.39, 0.29) is 5.75 Å². The molecule has 2 aromatic carbocycles. The van der Waals surface area contributed by atoms with Crippen LogP contribution in [0.4, 0.5) is 24.5 Å². The van der Waals surface area contributed by atoms with E-state index in [4.69, 9.17) is 24.4 Å². The second-order valence-electron chi connectivity index (χ2n) is 7.71. The van der Waals surface area contributed by atoms with Crippen LogP contribution in [-0.2, 0) is 0 Å². The number of hydrogen-bond acceptors (Lipinski definition) is 5. The average Bonchev–Trinajstić information content (AvgIpc) is 2.87. The van der Waals surface area contributed by atoms with Crippen LogP contribution in [0.2, 0.25) is 0 Å². The van der Waals surface area contributed by atoms with Gasteiger partial charge in [-0.1, -0.05) is 19.1 Å². The Bertz CT molecular complexity index is 1210. The van der Waals surface area contributed by atoms with Crippen LogP contribution in [0.3, 0.4) is 0 Å². The number of nitrogens with one attached hydrogen (secondary N) is 4. The van der Waals surface area contributed by atoms with Crippen LogP contribution in [0.1, 0.15) is 20.3 Å². The Kier molecular flexibility index (Phi) is 11.5. The van der Waals surface area contributed by atoms with Gasteiger partial charge in [0.25, 0.3) is 0 Å². The standard InChI is InChI=1S/C12H12F3N3OS2.C12H15N3S2/c1-2-16-11(20)18-10-6-21-9-5-7(19-12(13,14)15)3-4-8(9)17-10;1-2-7-13-12(16)15-11-8-17-10-6-4-3-5-9(10)14-11/h3-5H,2,6H2,1H3,(H2,16,17,18,20);3-6H,2,7-8H2,1H3,(H2,13,14,15,16). The second-order valence-corrected chi connectivity index (χ2v) is 10.5. The Hall–Kier alpha value is -2.55. The molecule has 0 spiro atoms.